The minimum absolute atomic E-state index is 0.0945. The van der Waals surface area contributed by atoms with Gasteiger partial charge >= 0.3 is 0 Å². The van der Waals surface area contributed by atoms with E-state index in [4.69, 9.17) is 0 Å². The van der Waals surface area contributed by atoms with Gasteiger partial charge in [0.2, 0.25) is 0 Å². The summed E-state index contributed by atoms with van der Waals surface area (Å²) in [6.07, 6.45) is 2.85. The monoisotopic (exact) mass is 449 g/mol. The Labute approximate surface area is 189 Å². The first-order valence-electron chi connectivity index (χ1n) is 10.7. The van der Waals surface area contributed by atoms with Crippen molar-refractivity contribution in [1.29, 1.82) is 0 Å². The lowest BCUT2D eigenvalue weighted by molar-refractivity contribution is 0.0727. The third-order valence-electron chi connectivity index (χ3n) is 5.88. The lowest BCUT2D eigenvalue weighted by Gasteiger charge is -2.24. The SMILES string of the molecule is Cc1cc(C(=O)N2CCC[C@@H]2c2ncc(C(=O)Nc3ccc(F)cc3)c(C)n2)c(=O)[nH]c1C. The Hall–Kier alpha value is -3.88. The number of halogens is 1. The number of amides is 2. The van der Waals surface area contributed by atoms with Gasteiger partial charge < -0.3 is 15.2 Å². The fourth-order valence-electron chi connectivity index (χ4n) is 3.92. The lowest BCUT2D eigenvalue weighted by Crippen LogP contribution is -2.35. The highest BCUT2D eigenvalue weighted by atomic mass is 19.1. The topological polar surface area (TPSA) is 108 Å². The first kappa shape index (κ1) is 22.3. The predicted molar refractivity (Wildman–Crippen MR) is 121 cm³/mol. The fraction of sp³-hybridized carbons (Fsp3) is 0.292. The molecule has 1 aliphatic rings. The van der Waals surface area contributed by atoms with Crippen LogP contribution in [0.3, 0.4) is 0 Å². The van der Waals surface area contributed by atoms with Gasteiger partial charge in [0.25, 0.3) is 17.4 Å². The number of carbonyl (C=O) groups excluding carboxylic acids is 2. The average molecular weight is 449 g/mol. The normalized spacial score (nSPS) is 15.5. The standard InChI is InChI=1S/C24H24FN5O3/c1-13-11-18(22(31)28-14(13)2)24(33)30-10-4-5-20(30)21-26-12-19(15(3)27-21)23(32)29-17-8-6-16(25)7-9-17/h6-9,11-12,20H,4-5,10H2,1-3H3,(H,28,31)(H,29,32)/t20-/m1/s1. The number of aromatic amines is 1. The third kappa shape index (κ3) is 4.52. The second kappa shape index (κ2) is 8.93. The molecule has 1 saturated heterocycles. The van der Waals surface area contributed by atoms with Crippen LogP contribution in [0, 0.1) is 26.6 Å². The van der Waals surface area contributed by atoms with Crippen LogP contribution in [0.4, 0.5) is 10.1 Å². The third-order valence-corrected chi connectivity index (χ3v) is 5.88. The number of nitrogens with zero attached hydrogens (tertiary/aromatic N) is 3. The maximum absolute atomic E-state index is 13.2. The number of H-pyrrole nitrogens is 1. The number of nitrogens with one attached hydrogen (secondary N) is 2. The van der Waals surface area contributed by atoms with E-state index in [0.717, 1.165) is 17.7 Å². The highest BCUT2D eigenvalue weighted by molar-refractivity contribution is 6.04. The summed E-state index contributed by atoms with van der Waals surface area (Å²) >= 11 is 0. The van der Waals surface area contributed by atoms with E-state index in [1.165, 1.54) is 30.5 Å². The summed E-state index contributed by atoms with van der Waals surface area (Å²) in [7, 11) is 0. The van der Waals surface area contributed by atoms with E-state index in [1.54, 1.807) is 24.8 Å². The molecule has 8 nitrogen and oxygen atoms in total. The van der Waals surface area contributed by atoms with Gasteiger partial charge in [0.05, 0.1) is 17.3 Å². The smallest absolute Gasteiger partial charge is 0.261 e. The molecule has 0 saturated carbocycles. The molecular formula is C24H24FN5O3. The summed E-state index contributed by atoms with van der Waals surface area (Å²) in [6.45, 7) is 5.81. The molecule has 0 bridgehead atoms. The zero-order valence-electron chi connectivity index (χ0n) is 18.6. The van der Waals surface area contributed by atoms with Crippen molar-refractivity contribution in [2.45, 2.75) is 39.7 Å². The van der Waals surface area contributed by atoms with E-state index >= 15 is 0 Å². The van der Waals surface area contributed by atoms with Gasteiger partial charge in [-0.3, -0.25) is 14.4 Å². The molecule has 1 aromatic carbocycles. The lowest BCUT2D eigenvalue weighted by atomic mass is 10.1. The number of aryl methyl sites for hydroxylation is 3. The summed E-state index contributed by atoms with van der Waals surface area (Å²) in [5.74, 6) is -0.736. The molecule has 1 aliphatic heterocycles. The summed E-state index contributed by atoms with van der Waals surface area (Å²) in [4.78, 5) is 51.4. The number of hydrogen-bond acceptors (Lipinski definition) is 5. The van der Waals surface area contributed by atoms with Crippen LogP contribution in [0.1, 0.15) is 62.4 Å². The van der Waals surface area contributed by atoms with Crippen molar-refractivity contribution < 1.29 is 14.0 Å². The molecular weight excluding hydrogens is 425 g/mol. The van der Waals surface area contributed by atoms with E-state index in [1.807, 2.05) is 6.92 Å². The number of aromatic nitrogens is 3. The van der Waals surface area contributed by atoms with Gasteiger partial charge in [-0.25, -0.2) is 14.4 Å². The summed E-state index contributed by atoms with van der Waals surface area (Å²) in [6, 6.07) is 6.68. The van der Waals surface area contributed by atoms with Crippen molar-refractivity contribution in [1.82, 2.24) is 19.9 Å². The molecule has 0 unspecified atom stereocenters. The van der Waals surface area contributed by atoms with Gasteiger partial charge in [0.15, 0.2) is 5.82 Å². The molecule has 1 atom stereocenters. The molecule has 3 heterocycles. The zero-order valence-corrected chi connectivity index (χ0v) is 18.6. The highest BCUT2D eigenvalue weighted by Gasteiger charge is 2.34. The van der Waals surface area contributed by atoms with Crippen molar-refractivity contribution in [3.8, 4) is 0 Å². The van der Waals surface area contributed by atoms with Crippen molar-refractivity contribution in [3.63, 3.8) is 0 Å². The quantitative estimate of drug-likeness (QED) is 0.634. The highest BCUT2D eigenvalue weighted by Crippen LogP contribution is 2.31. The molecule has 170 valence electrons. The Morgan fingerprint density at radius 1 is 1.15 bits per heavy atom. The van der Waals surface area contributed by atoms with Crippen LogP contribution in [-0.4, -0.2) is 38.2 Å². The number of hydrogen-bond donors (Lipinski definition) is 2. The van der Waals surface area contributed by atoms with Gasteiger partial charge in [-0.1, -0.05) is 0 Å². The summed E-state index contributed by atoms with van der Waals surface area (Å²) in [5, 5.41) is 2.69. The van der Waals surface area contributed by atoms with E-state index in [9.17, 15) is 18.8 Å². The van der Waals surface area contributed by atoms with E-state index in [0.29, 0.717) is 30.2 Å². The summed E-state index contributed by atoms with van der Waals surface area (Å²) < 4.78 is 13.1. The predicted octanol–water partition coefficient (Wildman–Crippen LogP) is 3.46. The molecule has 0 aliphatic carbocycles. The van der Waals surface area contributed by atoms with Crippen LogP contribution in [0.15, 0.2) is 41.3 Å². The molecule has 33 heavy (non-hydrogen) atoms. The number of pyridine rings is 1. The van der Waals surface area contributed by atoms with Crippen LogP contribution in [0.5, 0.6) is 0 Å². The minimum Gasteiger partial charge on any atom is -0.328 e. The van der Waals surface area contributed by atoms with Crippen LogP contribution in [0.2, 0.25) is 0 Å². The number of likely N-dealkylation sites (tertiary alicyclic amines) is 1. The molecule has 9 heteroatoms. The second-order valence-electron chi connectivity index (χ2n) is 8.17. The Morgan fingerprint density at radius 3 is 2.58 bits per heavy atom. The zero-order chi connectivity index (χ0) is 23.7. The van der Waals surface area contributed by atoms with Crippen LogP contribution < -0.4 is 10.9 Å². The fourth-order valence-corrected chi connectivity index (χ4v) is 3.92. The molecule has 2 aromatic heterocycles. The minimum atomic E-state index is -0.418. The molecule has 0 radical (unpaired) electrons. The van der Waals surface area contributed by atoms with Crippen molar-refractivity contribution in [2.75, 3.05) is 11.9 Å². The molecule has 1 fully saturated rings. The number of anilines is 1. The van der Waals surface area contributed by atoms with Crippen molar-refractivity contribution in [3.05, 3.63) is 86.6 Å². The van der Waals surface area contributed by atoms with E-state index in [-0.39, 0.29) is 23.1 Å². The van der Waals surface area contributed by atoms with Crippen LogP contribution in [-0.2, 0) is 0 Å². The first-order chi connectivity index (χ1) is 15.7. The van der Waals surface area contributed by atoms with Crippen LogP contribution >= 0.6 is 0 Å². The number of carbonyl (C=O) groups is 2. The molecule has 2 N–H and O–H groups in total. The number of benzene rings is 1. The Balaban J connectivity index is 1.56. The van der Waals surface area contributed by atoms with E-state index in [2.05, 4.69) is 20.3 Å². The van der Waals surface area contributed by atoms with Crippen molar-refractivity contribution in [2.24, 2.45) is 0 Å². The second-order valence-corrected chi connectivity index (χ2v) is 8.17. The molecule has 3 aromatic rings. The summed E-state index contributed by atoms with van der Waals surface area (Å²) in [5.41, 5.74) is 2.43. The molecule has 2 amide bonds. The Bertz CT molecular complexity index is 1290. The first-order valence-corrected chi connectivity index (χ1v) is 10.7. The van der Waals surface area contributed by atoms with Gasteiger partial charge in [-0.2, -0.15) is 0 Å². The molecule has 4 rings (SSSR count). The Morgan fingerprint density at radius 2 is 1.88 bits per heavy atom. The van der Waals surface area contributed by atoms with Gasteiger partial charge in [0.1, 0.15) is 11.4 Å². The maximum Gasteiger partial charge on any atom is 0.261 e. The average Bonchev–Trinajstić information content (AvgIpc) is 3.27. The van der Waals surface area contributed by atoms with Gasteiger partial charge in [0, 0.05) is 24.1 Å². The van der Waals surface area contributed by atoms with Crippen molar-refractivity contribution >= 4 is 17.5 Å². The molecule has 0 spiro atoms. The van der Waals surface area contributed by atoms with Gasteiger partial charge in [-0.05, 0) is 69.5 Å². The van der Waals surface area contributed by atoms with E-state index < -0.39 is 17.3 Å². The maximum atomic E-state index is 13.2. The Kier molecular flexibility index (Phi) is 6.04. The number of rotatable bonds is 4. The van der Waals surface area contributed by atoms with Crippen LogP contribution in [0.25, 0.3) is 0 Å². The largest absolute Gasteiger partial charge is 0.328 e. The van der Waals surface area contributed by atoms with Gasteiger partial charge in [-0.15, -0.1) is 0 Å².